The van der Waals surface area contributed by atoms with Crippen molar-refractivity contribution in [3.05, 3.63) is 65.0 Å². The highest BCUT2D eigenvalue weighted by Gasteiger charge is 2.33. The van der Waals surface area contributed by atoms with Gasteiger partial charge in [0.2, 0.25) is 0 Å². The molecule has 0 radical (unpaired) electrons. The molecular weight excluding hydrogens is 408 g/mol. The summed E-state index contributed by atoms with van der Waals surface area (Å²) >= 11 is 6.42. The summed E-state index contributed by atoms with van der Waals surface area (Å²) in [7, 11) is 2.19. The summed E-state index contributed by atoms with van der Waals surface area (Å²) in [4.78, 5) is 21.5. The van der Waals surface area contributed by atoms with Crippen molar-refractivity contribution < 1.29 is 24.5 Å². The number of benzene rings is 1. The van der Waals surface area contributed by atoms with Crippen LogP contribution in [0.1, 0.15) is 30.2 Å². The Morgan fingerprint density at radius 1 is 1.07 bits per heavy atom. The van der Waals surface area contributed by atoms with Gasteiger partial charge in [0, 0.05) is 23.6 Å². The molecule has 8 heteroatoms. The predicted octanol–water partition coefficient (Wildman–Crippen LogP) is 3.68. The molecule has 1 aromatic carbocycles. The fraction of sp³-hybridized carbons (Fsp3) is 0.364. The molecule has 1 saturated heterocycles. The first kappa shape index (κ1) is 21.9. The number of rotatable bonds is 3. The molecule has 0 bridgehead atoms. The van der Waals surface area contributed by atoms with Crippen molar-refractivity contribution in [2.75, 3.05) is 20.1 Å². The average molecular weight is 433 g/mol. The molecule has 2 aliphatic rings. The summed E-state index contributed by atoms with van der Waals surface area (Å²) in [5, 5.41) is 16.4. The van der Waals surface area contributed by atoms with Crippen molar-refractivity contribution in [3.63, 3.8) is 0 Å². The van der Waals surface area contributed by atoms with Gasteiger partial charge in [-0.05, 0) is 51.2 Å². The molecule has 30 heavy (non-hydrogen) atoms. The number of aliphatic carboxylic acids is 2. The molecule has 2 aromatic rings. The molecule has 1 atom stereocenters. The minimum Gasteiger partial charge on any atom is -0.484 e. The molecule has 0 amide bonds. The van der Waals surface area contributed by atoms with Crippen LogP contribution in [-0.2, 0) is 16.1 Å². The van der Waals surface area contributed by atoms with Gasteiger partial charge in [0.05, 0.1) is 12.2 Å². The van der Waals surface area contributed by atoms with Crippen LogP contribution in [0.3, 0.4) is 0 Å². The first-order valence-electron chi connectivity index (χ1n) is 9.77. The van der Waals surface area contributed by atoms with E-state index < -0.39 is 11.9 Å². The van der Waals surface area contributed by atoms with E-state index in [0.717, 1.165) is 30.5 Å². The van der Waals surface area contributed by atoms with E-state index in [4.69, 9.17) is 26.6 Å². The van der Waals surface area contributed by atoms with Gasteiger partial charge < -0.3 is 24.4 Å². The molecule has 1 aromatic heterocycles. The number of carbonyl (C=O) groups is 2. The van der Waals surface area contributed by atoms with Crippen molar-refractivity contribution in [1.29, 1.82) is 0 Å². The van der Waals surface area contributed by atoms with E-state index >= 15 is 0 Å². The van der Waals surface area contributed by atoms with Crippen LogP contribution in [0.15, 0.2) is 48.6 Å². The fourth-order valence-corrected chi connectivity index (χ4v) is 4.02. The van der Waals surface area contributed by atoms with E-state index in [1.54, 1.807) is 0 Å². The molecular formula is C22H25ClN2O5. The number of hydrogen-bond acceptors (Lipinski definition) is 4. The Morgan fingerprint density at radius 2 is 1.70 bits per heavy atom. The standard InChI is InChI=1S/C18H21ClN2O.C4H4O4/c1-20-10-8-13(9-11-20)18-15-6-7-17(19)21(15)12-14-4-2-3-5-16(14)22-18;5-3(6)1-2-4(7)8/h2-7,13,18H,8-12H2,1H3;1-2H,(H,5,6)(H,7,8). The zero-order valence-electron chi connectivity index (χ0n) is 16.7. The highest BCUT2D eigenvalue weighted by Crippen LogP contribution is 2.40. The fourth-order valence-electron chi connectivity index (χ4n) is 3.80. The maximum atomic E-state index is 9.55. The molecule has 3 heterocycles. The number of hydrogen-bond donors (Lipinski definition) is 2. The van der Waals surface area contributed by atoms with Gasteiger partial charge in [0.25, 0.3) is 0 Å². The van der Waals surface area contributed by atoms with Crippen LogP contribution in [0.4, 0.5) is 0 Å². The second-order valence-electron chi connectivity index (χ2n) is 7.46. The highest BCUT2D eigenvalue weighted by atomic mass is 35.5. The van der Waals surface area contributed by atoms with Crippen LogP contribution in [0.25, 0.3) is 0 Å². The Labute approximate surface area is 180 Å². The molecule has 0 spiro atoms. The largest absolute Gasteiger partial charge is 0.484 e. The van der Waals surface area contributed by atoms with Crippen molar-refractivity contribution in [2.24, 2.45) is 5.92 Å². The summed E-state index contributed by atoms with van der Waals surface area (Å²) < 4.78 is 8.68. The van der Waals surface area contributed by atoms with E-state index in [1.807, 2.05) is 12.1 Å². The SMILES string of the molecule is CN1CCC(C2Oc3ccccc3Cn3c(Cl)ccc32)CC1.O=C(O)C=CC(=O)O. The number of likely N-dealkylation sites (tertiary alicyclic amines) is 1. The average Bonchev–Trinajstić information content (AvgIpc) is 2.98. The monoisotopic (exact) mass is 432 g/mol. The van der Waals surface area contributed by atoms with Crippen LogP contribution in [0.2, 0.25) is 5.15 Å². The van der Waals surface area contributed by atoms with Crippen LogP contribution >= 0.6 is 11.6 Å². The van der Waals surface area contributed by atoms with Gasteiger partial charge in [-0.25, -0.2) is 9.59 Å². The summed E-state index contributed by atoms with van der Waals surface area (Å²) in [6.07, 6.45) is 3.56. The lowest BCUT2D eigenvalue weighted by molar-refractivity contribution is -0.134. The lowest BCUT2D eigenvalue weighted by Crippen LogP contribution is -2.34. The van der Waals surface area contributed by atoms with Gasteiger partial charge in [-0.1, -0.05) is 29.8 Å². The van der Waals surface area contributed by atoms with Crippen LogP contribution in [-0.4, -0.2) is 51.8 Å². The second-order valence-corrected chi connectivity index (χ2v) is 7.85. The number of fused-ring (bicyclic) bond motifs is 2. The van der Waals surface area contributed by atoms with Gasteiger partial charge in [0.1, 0.15) is 17.0 Å². The normalized spacial score (nSPS) is 19.1. The number of piperidine rings is 1. The zero-order chi connectivity index (χ0) is 21.7. The van der Waals surface area contributed by atoms with E-state index in [-0.39, 0.29) is 6.10 Å². The predicted molar refractivity (Wildman–Crippen MR) is 113 cm³/mol. The molecule has 0 aliphatic carbocycles. The summed E-state index contributed by atoms with van der Waals surface area (Å²) in [6.45, 7) is 3.07. The van der Waals surface area contributed by atoms with Gasteiger partial charge in [0.15, 0.2) is 0 Å². The van der Waals surface area contributed by atoms with Crippen molar-refractivity contribution in [2.45, 2.75) is 25.5 Å². The first-order chi connectivity index (χ1) is 14.3. The highest BCUT2D eigenvalue weighted by molar-refractivity contribution is 6.29. The molecule has 4 rings (SSSR count). The Balaban J connectivity index is 0.000000275. The summed E-state index contributed by atoms with van der Waals surface area (Å²) in [5.74, 6) is -0.960. The number of nitrogens with zero attached hydrogens (tertiary/aromatic N) is 2. The van der Waals surface area contributed by atoms with Gasteiger partial charge in [-0.2, -0.15) is 0 Å². The number of para-hydroxylation sites is 1. The van der Waals surface area contributed by atoms with Crippen molar-refractivity contribution in [3.8, 4) is 5.75 Å². The topological polar surface area (TPSA) is 92.0 Å². The lowest BCUT2D eigenvalue weighted by atomic mass is 9.89. The Morgan fingerprint density at radius 3 is 2.33 bits per heavy atom. The molecule has 2 N–H and O–H groups in total. The Kier molecular flexibility index (Phi) is 7.18. The minimum atomic E-state index is -1.26. The van der Waals surface area contributed by atoms with E-state index in [9.17, 15) is 9.59 Å². The van der Waals surface area contributed by atoms with E-state index in [1.165, 1.54) is 24.1 Å². The third kappa shape index (κ3) is 5.43. The number of ether oxygens (including phenoxy) is 1. The molecule has 1 unspecified atom stereocenters. The Hall–Kier alpha value is -2.77. The molecule has 160 valence electrons. The third-order valence-electron chi connectivity index (χ3n) is 5.37. The van der Waals surface area contributed by atoms with E-state index in [2.05, 4.69) is 40.8 Å². The van der Waals surface area contributed by atoms with E-state index in [0.29, 0.717) is 18.1 Å². The summed E-state index contributed by atoms with van der Waals surface area (Å²) in [6, 6.07) is 12.5. The zero-order valence-corrected chi connectivity index (χ0v) is 17.5. The number of carboxylic acid groups (broad SMARTS) is 2. The van der Waals surface area contributed by atoms with Crippen molar-refractivity contribution in [1.82, 2.24) is 9.47 Å². The first-order valence-corrected chi connectivity index (χ1v) is 10.1. The van der Waals surface area contributed by atoms with Crippen LogP contribution in [0.5, 0.6) is 5.75 Å². The number of halogens is 1. The van der Waals surface area contributed by atoms with Gasteiger partial charge in [-0.3, -0.25) is 0 Å². The van der Waals surface area contributed by atoms with Crippen LogP contribution < -0.4 is 4.74 Å². The molecule has 0 saturated carbocycles. The maximum absolute atomic E-state index is 9.55. The molecule has 7 nitrogen and oxygen atoms in total. The van der Waals surface area contributed by atoms with Crippen molar-refractivity contribution >= 4 is 23.5 Å². The van der Waals surface area contributed by atoms with Crippen LogP contribution in [0, 0.1) is 5.92 Å². The third-order valence-corrected chi connectivity index (χ3v) is 5.70. The molecule has 1 fully saturated rings. The Bertz CT molecular complexity index is 915. The quantitative estimate of drug-likeness (QED) is 0.719. The van der Waals surface area contributed by atoms with Gasteiger partial charge in [-0.15, -0.1) is 0 Å². The maximum Gasteiger partial charge on any atom is 0.328 e. The van der Waals surface area contributed by atoms with Gasteiger partial charge >= 0.3 is 11.9 Å². The number of carboxylic acids is 2. The lowest BCUT2D eigenvalue weighted by Gasteiger charge is -2.34. The second kappa shape index (κ2) is 9.82. The minimum absolute atomic E-state index is 0.102. The number of aromatic nitrogens is 1. The smallest absolute Gasteiger partial charge is 0.328 e. The summed E-state index contributed by atoms with van der Waals surface area (Å²) in [5.41, 5.74) is 2.42. The molecule has 2 aliphatic heterocycles.